The predicted molar refractivity (Wildman–Crippen MR) is 122 cm³/mol. The van der Waals surface area contributed by atoms with Crippen molar-refractivity contribution in [3.8, 4) is 0 Å². The van der Waals surface area contributed by atoms with Gasteiger partial charge in [-0.25, -0.2) is 4.98 Å². The minimum atomic E-state index is -0.247. The molecule has 2 heterocycles. The second-order valence-corrected chi connectivity index (χ2v) is 9.26. The Balaban J connectivity index is 1.61. The number of nitrogens with one attached hydrogen (secondary N) is 2. The highest BCUT2D eigenvalue weighted by Gasteiger charge is 2.19. The largest absolute Gasteiger partial charge is 0.449 e. The molecule has 0 saturated carbocycles. The third kappa shape index (κ3) is 3.90. The summed E-state index contributed by atoms with van der Waals surface area (Å²) in [7, 11) is 0. The van der Waals surface area contributed by atoms with Crippen LogP contribution in [0, 0.1) is 5.92 Å². The summed E-state index contributed by atoms with van der Waals surface area (Å²) in [6.45, 7) is 11.5. The summed E-state index contributed by atoms with van der Waals surface area (Å²) in [4.78, 5) is 20.1. The van der Waals surface area contributed by atoms with Crippen molar-refractivity contribution in [3.63, 3.8) is 0 Å². The summed E-state index contributed by atoms with van der Waals surface area (Å²) >= 11 is 0. The van der Waals surface area contributed by atoms with Gasteiger partial charge >= 0.3 is 0 Å². The van der Waals surface area contributed by atoms with Crippen molar-refractivity contribution in [2.45, 2.75) is 52.6 Å². The average molecular weight is 404 g/mol. The first kappa shape index (κ1) is 20.4. The summed E-state index contributed by atoms with van der Waals surface area (Å²) in [5.41, 5.74) is 4.00. The molecule has 1 atom stereocenters. The normalized spacial score (nSPS) is 13.4. The molecule has 0 aliphatic carbocycles. The average Bonchev–Trinajstić information content (AvgIpc) is 3.07. The van der Waals surface area contributed by atoms with Crippen LogP contribution in [0.1, 0.15) is 57.6 Å². The molecule has 30 heavy (non-hydrogen) atoms. The maximum atomic E-state index is 12.5. The van der Waals surface area contributed by atoms with Gasteiger partial charge in [0.05, 0.1) is 6.54 Å². The summed E-state index contributed by atoms with van der Waals surface area (Å²) in [6, 6.07) is 16.5. The molecule has 4 aromatic rings. The number of para-hydroxylation sites is 1. The fourth-order valence-electron chi connectivity index (χ4n) is 3.87. The van der Waals surface area contributed by atoms with Gasteiger partial charge in [-0.05, 0) is 34.6 Å². The molecule has 156 valence electrons. The number of aromatic amines is 1. The Kier molecular flexibility index (Phi) is 5.24. The van der Waals surface area contributed by atoms with Crippen LogP contribution in [-0.4, -0.2) is 9.97 Å². The first-order chi connectivity index (χ1) is 14.2. The zero-order valence-electron chi connectivity index (χ0n) is 18.2. The van der Waals surface area contributed by atoms with Crippen LogP contribution in [0.5, 0.6) is 0 Å². The first-order valence-electron chi connectivity index (χ1n) is 10.5. The Morgan fingerprint density at radius 2 is 1.77 bits per heavy atom. The number of nitrogens with zero attached hydrogens (tertiary/aromatic N) is 1. The number of hydrogen-bond acceptors (Lipinski definition) is 4. The zero-order valence-corrected chi connectivity index (χ0v) is 18.2. The fraction of sp³-hybridized carbons (Fsp3) is 0.360. The smallest absolute Gasteiger partial charge is 0.294 e. The van der Waals surface area contributed by atoms with E-state index in [9.17, 15) is 4.79 Å². The molecule has 5 heteroatoms. The van der Waals surface area contributed by atoms with E-state index < -0.39 is 0 Å². The molecular weight excluding hydrogens is 374 g/mol. The maximum absolute atomic E-state index is 12.5. The third-order valence-electron chi connectivity index (χ3n) is 5.57. The molecule has 4 rings (SSSR count). The van der Waals surface area contributed by atoms with Gasteiger partial charge in [-0.2, -0.15) is 0 Å². The fourth-order valence-corrected chi connectivity index (χ4v) is 3.87. The standard InChI is InChI=1S/C25H29N3O2/c1-15(2)21(16-10-12-17(13-11-16)25(3,4)5)26-14-20-27-22-18-8-6-7-9-19(18)30-23(22)24(29)28-20/h6-13,15,21,26H,14H2,1-5H3,(H,27,28,29)/t21-/m1/s1. The highest BCUT2D eigenvalue weighted by atomic mass is 16.3. The van der Waals surface area contributed by atoms with Gasteiger partial charge in [0.15, 0.2) is 0 Å². The SMILES string of the molecule is CC(C)[C@@H](NCc1nc2c(oc3ccccc32)c(=O)[nH]1)c1ccc(C(C)(C)C)cc1. The van der Waals surface area contributed by atoms with E-state index in [-0.39, 0.29) is 22.6 Å². The van der Waals surface area contributed by atoms with Crippen molar-refractivity contribution in [2.24, 2.45) is 5.92 Å². The molecule has 2 N–H and O–H groups in total. The highest BCUT2D eigenvalue weighted by molar-refractivity contribution is 6.01. The molecule has 0 spiro atoms. The van der Waals surface area contributed by atoms with E-state index >= 15 is 0 Å². The van der Waals surface area contributed by atoms with Gasteiger partial charge in [-0.15, -0.1) is 0 Å². The van der Waals surface area contributed by atoms with Gasteiger partial charge in [-0.1, -0.05) is 71.0 Å². The van der Waals surface area contributed by atoms with Gasteiger partial charge in [0.1, 0.15) is 16.9 Å². The third-order valence-corrected chi connectivity index (χ3v) is 5.57. The Bertz CT molecular complexity index is 1230. The molecule has 0 radical (unpaired) electrons. The Morgan fingerprint density at radius 1 is 1.07 bits per heavy atom. The van der Waals surface area contributed by atoms with Crippen molar-refractivity contribution < 1.29 is 4.42 Å². The lowest BCUT2D eigenvalue weighted by Gasteiger charge is -2.25. The highest BCUT2D eigenvalue weighted by Crippen LogP contribution is 2.27. The molecule has 0 unspecified atom stereocenters. The van der Waals surface area contributed by atoms with Gasteiger partial charge < -0.3 is 14.7 Å². The lowest BCUT2D eigenvalue weighted by Crippen LogP contribution is -2.27. The molecule has 0 fully saturated rings. The number of furan rings is 1. The van der Waals surface area contributed by atoms with Crippen molar-refractivity contribution >= 4 is 22.1 Å². The molecule has 0 bridgehead atoms. The minimum absolute atomic E-state index is 0.130. The molecule has 2 aromatic heterocycles. The second-order valence-electron chi connectivity index (χ2n) is 9.26. The summed E-state index contributed by atoms with van der Waals surface area (Å²) in [5, 5.41) is 4.44. The molecule has 0 aliphatic heterocycles. The molecule has 0 saturated heterocycles. The van der Waals surface area contributed by atoms with Crippen molar-refractivity contribution in [3.05, 3.63) is 75.8 Å². The van der Waals surface area contributed by atoms with E-state index in [0.717, 1.165) is 5.39 Å². The van der Waals surface area contributed by atoms with Crippen LogP contribution in [-0.2, 0) is 12.0 Å². The van der Waals surface area contributed by atoms with E-state index in [0.29, 0.717) is 29.4 Å². The second kappa shape index (κ2) is 7.73. The van der Waals surface area contributed by atoms with E-state index in [1.54, 1.807) is 0 Å². The van der Waals surface area contributed by atoms with Crippen LogP contribution in [0.3, 0.4) is 0 Å². The van der Waals surface area contributed by atoms with Gasteiger partial charge in [0.25, 0.3) is 5.56 Å². The minimum Gasteiger partial charge on any atom is -0.449 e. The Hall–Kier alpha value is -2.92. The van der Waals surface area contributed by atoms with Crippen LogP contribution in [0.2, 0.25) is 0 Å². The van der Waals surface area contributed by atoms with Crippen molar-refractivity contribution in [1.29, 1.82) is 0 Å². The Labute approximate surface area is 176 Å². The van der Waals surface area contributed by atoms with Gasteiger partial charge in [-0.3, -0.25) is 4.79 Å². The topological polar surface area (TPSA) is 70.9 Å². The van der Waals surface area contributed by atoms with Gasteiger partial charge in [0.2, 0.25) is 5.58 Å². The number of fused-ring (bicyclic) bond motifs is 3. The number of aromatic nitrogens is 2. The van der Waals surface area contributed by atoms with E-state index in [4.69, 9.17) is 4.42 Å². The molecule has 5 nitrogen and oxygen atoms in total. The predicted octanol–water partition coefficient (Wildman–Crippen LogP) is 5.45. The van der Waals surface area contributed by atoms with E-state index in [1.165, 1.54) is 11.1 Å². The van der Waals surface area contributed by atoms with Crippen LogP contribution in [0.25, 0.3) is 22.1 Å². The van der Waals surface area contributed by atoms with Crippen molar-refractivity contribution in [1.82, 2.24) is 15.3 Å². The molecule has 2 aromatic carbocycles. The number of rotatable bonds is 5. The van der Waals surface area contributed by atoms with Gasteiger partial charge in [0, 0.05) is 11.4 Å². The number of H-pyrrole nitrogens is 1. The number of benzene rings is 2. The molecule has 0 aliphatic rings. The summed E-state index contributed by atoms with van der Waals surface area (Å²) in [5.74, 6) is 0.992. The van der Waals surface area contributed by atoms with Crippen molar-refractivity contribution in [2.75, 3.05) is 0 Å². The molecular formula is C25H29N3O2. The first-order valence-corrected chi connectivity index (χ1v) is 10.5. The monoisotopic (exact) mass is 403 g/mol. The van der Waals surface area contributed by atoms with E-state index in [2.05, 4.69) is 74.2 Å². The van der Waals surface area contributed by atoms with Crippen LogP contribution < -0.4 is 10.9 Å². The quantitative estimate of drug-likeness (QED) is 0.465. The lowest BCUT2D eigenvalue weighted by molar-refractivity contribution is 0.405. The zero-order chi connectivity index (χ0) is 21.5. The number of hydrogen-bond donors (Lipinski definition) is 2. The summed E-state index contributed by atoms with van der Waals surface area (Å²) in [6.07, 6.45) is 0. The van der Waals surface area contributed by atoms with E-state index in [1.807, 2.05) is 24.3 Å². The molecule has 0 amide bonds. The van der Waals surface area contributed by atoms with Crippen LogP contribution >= 0.6 is 0 Å². The van der Waals surface area contributed by atoms with Crippen LogP contribution in [0.15, 0.2) is 57.7 Å². The Morgan fingerprint density at radius 3 is 2.43 bits per heavy atom. The summed E-state index contributed by atoms with van der Waals surface area (Å²) < 4.78 is 5.68. The maximum Gasteiger partial charge on any atom is 0.294 e. The van der Waals surface area contributed by atoms with Crippen LogP contribution in [0.4, 0.5) is 0 Å². The lowest BCUT2D eigenvalue weighted by atomic mass is 9.85.